The minimum atomic E-state index is -0.899. The zero-order chi connectivity index (χ0) is 14.0. The average molecular weight is 330 g/mol. The van der Waals surface area contributed by atoms with Gasteiger partial charge in [0.1, 0.15) is 5.82 Å². The summed E-state index contributed by atoms with van der Waals surface area (Å²) in [7, 11) is 0. The van der Waals surface area contributed by atoms with E-state index in [1.807, 2.05) is 0 Å². The molecule has 0 saturated carbocycles. The zero-order valence-electron chi connectivity index (χ0n) is 10.1. The quantitative estimate of drug-likeness (QED) is 0.831. The molecule has 0 bridgehead atoms. The number of anilines is 1. The maximum Gasteiger partial charge on any atom is 0.164 e. The van der Waals surface area contributed by atoms with Crippen molar-refractivity contribution in [3.63, 3.8) is 0 Å². The van der Waals surface area contributed by atoms with Crippen molar-refractivity contribution >= 4 is 21.6 Å². The van der Waals surface area contributed by atoms with Gasteiger partial charge in [0.15, 0.2) is 11.6 Å². The van der Waals surface area contributed by atoms with E-state index in [9.17, 15) is 13.2 Å². The lowest BCUT2D eigenvalue weighted by Crippen LogP contribution is -2.10. The molecular formula is C14H11BrF3N. The topological polar surface area (TPSA) is 12.0 Å². The monoisotopic (exact) mass is 329 g/mol. The summed E-state index contributed by atoms with van der Waals surface area (Å²) in [5.41, 5.74) is 0.673. The molecule has 0 aliphatic rings. The van der Waals surface area contributed by atoms with E-state index in [4.69, 9.17) is 0 Å². The smallest absolute Gasteiger partial charge is 0.164 e. The second kappa shape index (κ2) is 5.65. The van der Waals surface area contributed by atoms with Gasteiger partial charge in [0, 0.05) is 10.0 Å². The SMILES string of the molecule is CC(Nc1cc(F)ccc1Br)c1cccc(F)c1F. The van der Waals surface area contributed by atoms with Crippen LogP contribution < -0.4 is 5.32 Å². The second-order valence-corrected chi connectivity index (χ2v) is 4.99. The highest BCUT2D eigenvalue weighted by molar-refractivity contribution is 9.10. The van der Waals surface area contributed by atoms with Crippen LogP contribution in [0.1, 0.15) is 18.5 Å². The van der Waals surface area contributed by atoms with Gasteiger partial charge < -0.3 is 5.32 Å². The maximum absolute atomic E-state index is 13.6. The minimum absolute atomic E-state index is 0.191. The number of rotatable bonds is 3. The molecule has 0 heterocycles. The average Bonchev–Trinajstić information content (AvgIpc) is 2.37. The standard InChI is InChI=1S/C14H11BrF3N/c1-8(10-3-2-4-12(17)14(10)18)19-13-7-9(16)5-6-11(13)15/h2-8,19H,1H3. The van der Waals surface area contributed by atoms with Crippen molar-refractivity contribution in [1.29, 1.82) is 0 Å². The van der Waals surface area contributed by atoms with E-state index in [1.54, 1.807) is 13.0 Å². The van der Waals surface area contributed by atoms with E-state index in [2.05, 4.69) is 21.2 Å². The first-order valence-electron chi connectivity index (χ1n) is 5.64. The van der Waals surface area contributed by atoms with E-state index >= 15 is 0 Å². The molecule has 0 radical (unpaired) electrons. The summed E-state index contributed by atoms with van der Waals surface area (Å²) in [6.07, 6.45) is 0. The van der Waals surface area contributed by atoms with Crippen molar-refractivity contribution in [3.05, 3.63) is 63.9 Å². The largest absolute Gasteiger partial charge is 0.377 e. The van der Waals surface area contributed by atoms with Gasteiger partial charge in [-0.25, -0.2) is 13.2 Å². The molecule has 1 nitrogen and oxygen atoms in total. The summed E-state index contributed by atoms with van der Waals surface area (Å²) in [6.45, 7) is 1.68. The Morgan fingerprint density at radius 2 is 1.84 bits per heavy atom. The number of nitrogens with one attached hydrogen (secondary N) is 1. The third kappa shape index (κ3) is 3.10. The van der Waals surface area contributed by atoms with E-state index in [1.165, 1.54) is 24.3 Å². The summed E-state index contributed by atoms with van der Waals surface area (Å²) in [5, 5.41) is 2.94. The van der Waals surface area contributed by atoms with Gasteiger partial charge in [-0.3, -0.25) is 0 Å². The van der Waals surface area contributed by atoms with Gasteiger partial charge in [0.05, 0.1) is 11.7 Å². The minimum Gasteiger partial charge on any atom is -0.377 e. The van der Waals surface area contributed by atoms with Crippen LogP contribution in [-0.4, -0.2) is 0 Å². The van der Waals surface area contributed by atoms with Gasteiger partial charge in [-0.15, -0.1) is 0 Å². The number of halogens is 4. The van der Waals surface area contributed by atoms with Crippen molar-refractivity contribution in [2.45, 2.75) is 13.0 Å². The molecule has 2 aromatic rings. The van der Waals surface area contributed by atoms with Gasteiger partial charge in [-0.2, -0.15) is 0 Å². The van der Waals surface area contributed by atoms with E-state index < -0.39 is 23.5 Å². The third-order valence-corrected chi connectivity index (χ3v) is 3.44. The van der Waals surface area contributed by atoms with Gasteiger partial charge >= 0.3 is 0 Å². The van der Waals surface area contributed by atoms with Crippen LogP contribution in [0.5, 0.6) is 0 Å². The first kappa shape index (κ1) is 13.9. The maximum atomic E-state index is 13.6. The molecule has 19 heavy (non-hydrogen) atoms. The van der Waals surface area contributed by atoms with Crippen LogP contribution >= 0.6 is 15.9 Å². The lowest BCUT2D eigenvalue weighted by Gasteiger charge is -2.17. The van der Waals surface area contributed by atoms with Gasteiger partial charge in [-0.05, 0) is 47.1 Å². The fraction of sp³-hybridized carbons (Fsp3) is 0.143. The first-order chi connectivity index (χ1) is 8.99. The van der Waals surface area contributed by atoms with Crippen LogP contribution in [-0.2, 0) is 0 Å². The first-order valence-corrected chi connectivity index (χ1v) is 6.44. The molecule has 0 aromatic heterocycles. The van der Waals surface area contributed by atoms with E-state index in [0.29, 0.717) is 10.2 Å². The number of hydrogen-bond donors (Lipinski definition) is 1. The molecular weight excluding hydrogens is 319 g/mol. The summed E-state index contributed by atoms with van der Waals surface area (Å²) in [5.74, 6) is -2.20. The fourth-order valence-electron chi connectivity index (χ4n) is 1.77. The van der Waals surface area contributed by atoms with Crippen LogP contribution in [0, 0.1) is 17.5 Å². The molecule has 0 amide bonds. The highest BCUT2D eigenvalue weighted by Crippen LogP contribution is 2.28. The zero-order valence-corrected chi connectivity index (χ0v) is 11.6. The van der Waals surface area contributed by atoms with Gasteiger partial charge in [-0.1, -0.05) is 12.1 Å². The molecule has 1 unspecified atom stereocenters. The van der Waals surface area contributed by atoms with Crippen molar-refractivity contribution in [3.8, 4) is 0 Å². The number of benzene rings is 2. The second-order valence-electron chi connectivity index (χ2n) is 4.13. The molecule has 1 N–H and O–H groups in total. The van der Waals surface area contributed by atoms with E-state index in [0.717, 1.165) is 6.07 Å². The normalized spacial score (nSPS) is 12.3. The van der Waals surface area contributed by atoms with Crippen LogP contribution in [0.4, 0.5) is 18.9 Å². The molecule has 0 saturated heterocycles. The van der Waals surface area contributed by atoms with Crippen molar-refractivity contribution in [2.24, 2.45) is 0 Å². The Balaban J connectivity index is 2.28. The fourth-order valence-corrected chi connectivity index (χ4v) is 2.14. The Morgan fingerprint density at radius 3 is 2.58 bits per heavy atom. The lowest BCUT2D eigenvalue weighted by molar-refractivity contribution is 0.494. The van der Waals surface area contributed by atoms with Crippen LogP contribution in [0.3, 0.4) is 0 Å². The van der Waals surface area contributed by atoms with Crippen molar-refractivity contribution in [1.82, 2.24) is 0 Å². The molecule has 5 heteroatoms. The van der Waals surface area contributed by atoms with Gasteiger partial charge in [0.2, 0.25) is 0 Å². The predicted molar refractivity (Wildman–Crippen MR) is 72.5 cm³/mol. The molecule has 0 aliphatic heterocycles. The Kier molecular flexibility index (Phi) is 4.14. The Bertz CT molecular complexity index is 601. The lowest BCUT2D eigenvalue weighted by atomic mass is 10.1. The Labute approximate surface area is 117 Å². The molecule has 0 aliphatic carbocycles. The highest BCUT2D eigenvalue weighted by atomic mass is 79.9. The highest BCUT2D eigenvalue weighted by Gasteiger charge is 2.15. The third-order valence-electron chi connectivity index (χ3n) is 2.75. The van der Waals surface area contributed by atoms with Crippen LogP contribution in [0.25, 0.3) is 0 Å². The summed E-state index contributed by atoms with van der Waals surface area (Å²) >= 11 is 3.27. The van der Waals surface area contributed by atoms with Crippen LogP contribution in [0.2, 0.25) is 0 Å². The molecule has 100 valence electrons. The molecule has 2 aromatic carbocycles. The summed E-state index contributed by atoms with van der Waals surface area (Å²) < 4.78 is 40.6. The van der Waals surface area contributed by atoms with Crippen molar-refractivity contribution < 1.29 is 13.2 Å². The van der Waals surface area contributed by atoms with Gasteiger partial charge in [0.25, 0.3) is 0 Å². The summed E-state index contributed by atoms with van der Waals surface area (Å²) in [4.78, 5) is 0. The molecule has 2 rings (SSSR count). The van der Waals surface area contributed by atoms with Crippen LogP contribution in [0.15, 0.2) is 40.9 Å². The molecule has 0 fully saturated rings. The summed E-state index contributed by atoms with van der Waals surface area (Å²) in [6, 6.07) is 7.64. The van der Waals surface area contributed by atoms with E-state index in [-0.39, 0.29) is 5.56 Å². The molecule has 0 spiro atoms. The van der Waals surface area contributed by atoms with Crippen molar-refractivity contribution in [2.75, 3.05) is 5.32 Å². The Hall–Kier alpha value is -1.49. The predicted octanol–water partition coefficient (Wildman–Crippen LogP) is 5.04. The number of hydrogen-bond acceptors (Lipinski definition) is 1. The molecule has 1 atom stereocenters. The Morgan fingerprint density at radius 1 is 1.11 bits per heavy atom.